The smallest absolute Gasteiger partial charge is 0.410 e. The summed E-state index contributed by atoms with van der Waals surface area (Å²) in [6.45, 7) is 7.51. The lowest BCUT2D eigenvalue weighted by Crippen LogP contribution is -2.42. The quantitative estimate of drug-likeness (QED) is 0.415. The van der Waals surface area contributed by atoms with Gasteiger partial charge in [0.2, 0.25) is 0 Å². The SMILES string of the molecule is CC(C)C(=O)OC(OC(=O)NCC1(CC=O)CCCCC1)C(C)C. The van der Waals surface area contributed by atoms with Gasteiger partial charge in [0.15, 0.2) is 0 Å². The first-order chi connectivity index (χ1) is 11.3. The summed E-state index contributed by atoms with van der Waals surface area (Å²) in [6, 6.07) is 0. The van der Waals surface area contributed by atoms with E-state index in [-0.39, 0.29) is 17.3 Å². The molecule has 0 aromatic rings. The van der Waals surface area contributed by atoms with Gasteiger partial charge in [-0.3, -0.25) is 4.79 Å². The minimum absolute atomic E-state index is 0.142. The summed E-state index contributed by atoms with van der Waals surface area (Å²) in [5.74, 6) is -0.820. The van der Waals surface area contributed by atoms with Crippen LogP contribution in [0.15, 0.2) is 0 Å². The second-order valence-electron chi connectivity index (χ2n) is 7.39. The Hall–Kier alpha value is -1.59. The van der Waals surface area contributed by atoms with Crippen LogP contribution in [0.5, 0.6) is 0 Å². The zero-order chi connectivity index (χ0) is 18.2. The lowest BCUT2D eigenvalue weighted by atomic mass is 9.72. The molecule has 1 rings (SSSR count). The second-order valence-corrected chi connectivity index (χ2v) is 7.39. The fraction of sp³-hybridized carbons (Fsp3) is 0.833. The number of ether oxygens (including phenoxy) is 2. The van der Waals surface area contributed by atoms with Crippen LogP contribution in [0.25, 0.3) is 0 Å². The van der Waals surface area contributed by atoms with E-state index in [1.54, 1.807) is 13.8 Å². The van der Waals surface area contributed by atoms with E-state index in [4.69, 9.17) is 9.47 Å². The van der Waals surface area contributed by atoms with Crippen LogP contribution >= 0.6 is 0 Å². The molecule has 0 radical (unpaired) electrons. The van der Waals surface area contributed by atoms with Gasteiger partial charge in [0.05, 0.1) is 5.92 Å². The molecule has 0 heterocycles. The molecule has 0 bridgehead atoms. The van der Waals surface area contributed by atoms with Crippen molar-refractivity contribution in [3.05, 3.63) is 0 Å². The Morgan fingerprint density at radius 1 is 1.08 bits per heavy atom. The van der Waals surface area contributed by atoms with Gasteiger partial charge >= 0.3 is 12.1 Å². The molecule has 1 N–H and O–H groups in total. The first-order valence-corrected chi connectivity index (χ1v) is 8.88. The number of nitrogens with one attached hydrogen (secondary N) is 1. The maximum atomic E-state index is 12.1. The van der Waals surface area contributed by atoms with Crippen molar-refractivity contribution in [1.82, 2.24) is 5.32 Å². The Bertz CT molecular complexity index is 427. The molecule has 0 spiro atoms. The van der Waals surface area contributed by atoms with Gasteiger partial charge in [-0.2, -0.15) is 0 Å². The van der Waals surface area contributed by atoms with E-state index >= 15 is 0 Å². The maximum absolute atomic E-state index is 12.1. The summed E-state index contributed by atoms with van der Waals surface area (Å²) < 4.78 is 10.5. The van der Waals surface area contributed by atoms with E-state index in [1.165, 1.54) is 6.42 Å². The van der Waals surface area contributed by atoms with Gasteiger partial charge in [0.25, 0.3) is 6.29 Å². The van der Waals surface area contributed by atoms with Crippen LogP contribution in [0.3, 0.4) is 0 Å². The number of rotatable bonds is 8. The van der Waals surface area contributed by atoms with Gasteiger partial charge in [0, 0.05) is 18.9 Å². The number of hydrogen-bond donors (Lipinski definition) is 1. The van der Waals surface area contributed by atoms with Gasteiger partial charge in [-0.1, -0.05) is 47.0 Å². The van der Waals surface area contributed by atoms with Crippen molar-refractivity contribution in [2.45, 2.75) is 72.5 Å². The molecule has 6 nitrogen and oxygen atoms in total. The number of aldehydes is 1. The Balaban J connectivity index is 2.55. The van der Waals surface area contributed by atoms with E-state index in [0.29, 0.717) is 13.0 Å². The number of esters is 1. The Labute approximate surface area is 144 Å². The predicted molar refractivity (Wildman–Crippen MR) is 90.2 cm³/mol. The molecule has 1 amide bonds. The summed E-state index contributed by atoms with van der Waals surface area (Å²) in [4.78, 5) is 34.8. The minimum Gasteiger partial charge on any atom is -0.425 e. The van der Waals surface area contributed by atoms with Gasteiger partial charge in [-0.25, -0.2) is 4.79 Å². The summed E-state index contributed by atoms with van der Waals surface area (Å²) in [7, 11) is 0. The third-order valence-corrected chi connectivity index (χ3v) is 4.51. The van der Waals surface area contributed by atoms with Crippen molar-refractivity contribution in [3.8, 4) is 0 Å². The van der Waals surface area contributed by atoms with E-state index in [1.807, 2.05) is 13.8 Å². The first kappa shape index (κ1) is 20.5. The molecule has 0 aromatic heterocycles. The zero-order valence-electron chi connectivity index (χ0n) is 15.3. The highest BCUT2D eigenvalue weighted by atomic mass is 16.7. The standard InChI is InChI=1S/C18H31NO5/c1-13(2)15(21)23-16(14(3)4)24-17(22)19-12-18(10-11-20)8-6-5-7-9-18/h11,13-14,16H,5-10,12H2,1-4H3,(H,19,22). The Morgan fingerprint density at radius 2 is 1.71 bits per heavy atom. The van der Waals surface area contributed by atoms with Crippen LogP contribution in [0.1, 0.15) is 66.2 Å². The molecule has 1 aliphatic rings. The summed E-state index contributed by atoms with van der Waals surface area (Å²) in [5, 5.41) is 2.75. The number of alkyl carbamates (subject to hydrolysis) is 1. The van der Waals surface area contributed by atoms with Gasteiger partial charge in [-0.15, -0.1) is 0 Å². The minimum atomic E-state index is -0.909. The maximum Gasteiger partial charge on any atom is 0.410 e. The third-order valence-electron chi connectivity index (χ3n) is 4.51. The largest absolute Gasteiger partial charge is 0.425 e. The number of hydrogen-bond acceptors (Lipinski definition) is 5. The topological polar surface area (TPSA) is 81.7 Å². The molecule has 1 aliphatic carbocycles. The van der Waals surface area contributed by atoms with E-state index < -0.39 is 18.4 Å². The molecule has 1 atom stereocenters. The second kappa shape index (κ2) is 9.64. The summed E-state index contributed by atoms with van der Waals surface area (Å²) in [6.07, 6.45) is 5.05. The van der Waals surface area contributed by atoms with Crippen LogP contribution in [0, 0.1) is 17.3 Å². The summed E-state index contributed by atoms with van der Waals surface area (Å²) in [5.41, 5.74) is -0.166. The molecule has 0 saturated heterocycles. The van der Waals surface area contributed by atoms with Gasteiger partial charge in [-0.05, 0) is 18.3 Å². The van der Waals surface area contributed by atoms with E-state index in [0.717, 1.165) is 32.0 Å². The highest BCUT2D eigenvalue weighted by Gasteiger charge is 2.33. The van der Waals surface area contributed by atoms with Crippen molar-refractivity contribution < 1.29 is 23.9 Å². The number of amides is 1. The number of carbonyl (C=O) groups excluding carboxylic acids is 3. The van der Waals surface area contributed by atoms with E-state index in [9.17, 15) is 14.4 Å². The van der Waals surface area contributed by atoms with Crippen LogP contribution in [0.4, 0.5) is 4.79 Å². The van der Waals surface area contributed by atoms with Crippen molar-refractivity contribution in [2.24, 2.45) is 17.3 Å². The van der Waals surface area contributed by atoms with Crippen molar-refractivity contribution >= 4 is 18.3 Å². The fourth-order valence-electron chi connectivity index (χ4n) is 2.89. The molecule has 1 saturated carbocycles. The van der Waals surface area contributed by atoms with Gasteiger partial charge in [0.1, 0.15) is 6.29 Å². The van der Waals surface area contributed by atoms with Crippen molar-refractivity contribution in [1.29, 1.82) is 0 Å². The lowest BCUT2D eigenvalue weighted by molar-refractivity contribution is -0.178. The molecule has 6 heteroatoms. The Kier molecular flexibility index (Phi) is 8.22. The molecule has 0 aliphatic heterocycles. The third kappa shape index (κ3) is 6.49. The highest BCUT2D eigenvalue weighted by molar-refractivity contribution is 5.72. The van der Waals surface area contributed by atoms with E-state index in [2.05, 4.69) is 5.32 Å². The first-order valence-electron chi connectivity index (χ1n) is 8.88. The van der Waals surface area contributed by atoms with Crippen LogP contribution in [-0.2, 0) is 19.1 Å². The van der Waals surface area contributed by atoms with Crippen LogP contribution in [0.2, 0.25) is 0 Å². The molecular formula is C18H31NO5. The monoisotopic (exact) mass is 341 g/mol. The average Bonchev–Trinajstić information content (AvgIpc) is 2.53. The molecule has 24 heavy (non-hydrogen) atoms. The fourth-order valence-corrected chi connectivity index (χ4v) is 2.89. The average molecular weight is 341 g/mol. The van der Waals surface area contributed by atoms with Crippen molar-refractivity contribution in [2.75, 3.05) is 6.54 Å². The highest BCUT2D eigenvalue weighted by Crippen LogP contribution is 2.38. The molecule has 1 fully saturated rings. The Morgan fingerprint density at radius 3 is 2.21 bits per heavy atom. The van der Waals surface area contributed by atoms with Crippen molar-refractivity contribution in [3.63, 3.8) is 0 Å². The number of carbonyl (C=O) groups is 3. The normalized spacial score (nSPS) is 18.1. The van der Waals surface area contributed by atoms with Gasteiger partial charge < -0.3 is 19.6 Å². The molecular weight excluding hydrogens is 310 g/mol. The molecule has 0 aromatic carbocycles. The van der Waals surface area contributed by atoms with Crippen LogP contribution in [-0.4, -0.2) is 31.2 Å². The van der Waals surface area contributed by atoms with Crippen LogP contribution < -0.4 is 5.32 Å². The molecule has 1 unspecified atom stereocenters. The lowest BCUT2D eigenvalue weighted by Gasteiger charge is -2.36. The molecule has 138 valence electrons. The zero-order valence-corrected chi connectivity index (χ0v) is 15.3. The summed E-state index contributed by atoms with van der Waals surface area (Å²) >= 11 is 0. The predicted octanol–water partition coefficient (Wildman–Crippen LogP) is 3.43.